The molecule has 1 fully saturated rings. The lowest BCUT2D eigenvalue weighted by molar-refractivity contribution is -0.145. The van der Waals surface area contributed by atoms with Crippen molar-refractivity contribution in [1.29, 1.82) is 0 Å². The number of hydrogen-bond acceptors (Lipinski definition) is 6. The lowest BCUT2D eigenvalue weighted by atomic mass is 9.71. The first-order valence-corrected chi connectivity index (χ1v) is 17.3. The van der Waals surface area contributed by atoms with E-state index in [1.807, 2.05) is 48.8 Å². The van der Waals surface area contributed by atoms with E-state index in [1.54, 1.807) is 19.2 Å². The van der Waals surface area contributed by atoms with Gasteiger partial charge in [0.1, 0.15) is 12.3 Å². The van der Waals surface area contributed by atoms with E-state index >= 15 is 0 Å². The third kappa shape index (κ3) is 9.75. The Kier molecular flexibility index (Phi) is 12.4. The van der Waals surface area contributed by atoms with Crippen LogP contribution in [0.2, 0.25) is 0 Å². The highest BCUT2D eigenvalue weighted by Gasteiger charge is 2.28. The molecule has 0 radical (unpaired) electrons. The summed E-state index contributed by atoms with van der Waals surface area (Å²) in [5.41, 5.74) is 4.89. The molecule has 48 heavy (non-hydrogen) atoms. The monoisotopic (exact) mass is 652 g/mol. The van der Waals surface area contributed by atoms with E-state index in [0.717, 1.165) is 52.8 Å². The number of ether oxygens (including phenoxy) is 1. The standard InChI is InChI=1S/C39H48N4O5/c1-3-27-4-10-30(11-5-27)31-14-16-32(17-15-31)34-23-41-39(42-24-34)33-12-6-29(7-13-33)25-43(26-38(46)47)37(45)20-21-40-36(44)22-28-8-18-35(48-2)19-9-28/h6-9,12-13,16,18-19,23-24,27,30-31H,3-5,10-11,14-15,17,20-22,25-26H2,1-2H3,(H,40,44)(H,46,47)/t27-,30-,31?. The summed E-state index contributed by atoms with van der Waals surface area (Å²) in [6, 6.07) is 14.7. The first-order valence-electron chi connectivity index (χ1n) is 17.3. The predicted octanol–water partition coefficient (Wildman–Crippen LogP) is 6.71. The number of carboxylic acids is 1. The summed E-state index contributed by atoms with van der Waals surface area (Å²) in [6.07, 6.45) is 16.8. The second-order valence-corrected chi connectivity index (χ2v) is 13.2. The van der Waals surface area contributed by atoms with Crippen LogP contribution in [0.4, 0.5) is 0 Å². The van der Waals surface area contributed by atoms with Crippen LogP contribution in [0.25, 0.3) is 17.0 Å². The maximum Gasteiger partial charge on any atom is 0.323 e. The molecule has 0 saturated heterocycles. The Morgan fingerprint density at radius 2 is 1.58 bits per heavy atom. The van der Waals surface area contributed by atoms with Crippen molar-refractivity contribution in [1.82, 2.24) is 20.2 Å². The highest BCUT2D eigenvalue weighted by molar-refractivity contribution is 5.83. The fourth-order valence-corrected chi connectivity index (χ4v) is 7.09. The number of benzene rings is 2. The van der Waals surface area contributed by atoms with Gasteiger partial charge in [-0.3, -0.25) is 14.4 Å². The molecular formula is C39H48N4O5. The minimum absolute atomic E-state index is 0.00302. The zero-order valence-corrected chi connectivity index (χ0v) is 28.2. The summed E-state index contributed by atoms with van der Waals surface area (Å²) in [5.74, 6) is 2.29. The Balaban J connectivity index is 1.10. The van der Waals surface area contributed by atoms with E-state index in [9.17, 15) is 19.5 Å². The van der Waals surface area contributed by atoms with Crippen LogP contribution in [0.15, 0.2) is 67.0 Å². The largest absolute Gasteiger partial charge is 0.497 e. The molecule has 2 aliphatic carbocycles. The Morgan fingerprint density at radius 1 is 0.896 bits per heavy atom. The second-order valence-electron chi connectivity index (χ2n) is 13.2. The number of carboxylic acid groups (broad SMARTS) is 1. The van der Waals surface area contributed by atoms with Gasteiger partial charge in [0.2, 0.25) is 11.8 Å². The number of amides is 2. The topological polar surface area (TPSA) is 122 Å². The normalized spacial score (nSPS) is 19.2. The second kappa shape index (κ2) is 17.0. The molecule has 1 unspecified atom stereocenters. The number of aromatic nitrogens is 2. The maximum absolute atomic E-state index is 12.9. The number of nitrogens with zero attached hydrogens (tertiary/aromatic N) is 3. The molecule has 1 saturated carbocycles. The van der Waals surface area contributed by atoms with Crippen molar-refractivity contribution in [3.8, 4) is 17.1 Å². The molecule has 9 heteroatoms. The number of rotatable bonds is 14. The fourth-order valence-electron chi connectivity index (χ4n) is 7.09. The van der Waals surface area contributed by atoms with Crippen LogP contribution in [-0.4, -0.2) is 58.0 Å². The molecule has 0 bridgehead atoms. The van der Waals surface area contributed by atoms with Crippen LogP contribution >= 0.6 is 0 Å². The average molecular weight is 653 g/mol. The number of allylic oxidation sites excluding steroid dienone is 2. The number of hydrogen-bond donors (Lipinski definition) is 2. The number of nitrogens with one attached hydrogen (secondary N) is 1. The van der Waals surface area contributed by atoms with Gasteiger partial charge in [-0.15, -0.1) is 0 Å². The molecule has 2 amide bonds. The fraction of sp³-hybridized carbons (Fsp3) is 0.462. The third-order valence-corrected chi connectivity index (χ3v) is 10.1. The molecule has 0 aliphatic heterocycles. The van der Waals surface area contributed by atoms with Crippen LogP contribution in [0.3, 0.4) is 0 Å². The Morgan fingerprint density at radius 3 is 2.19 bits per heavy atom. The van der Waals surface area contributed by atoms with Crippen molar-refractivity contribution in [3.05, 3.63) is 83.7 Å². The highest BCUT2D eigenvalue weighted by atomic mass is 16.5. The molecule has 9 nitrogen and oxygen atoms in total. The van der Waals surface area contributed by atoms with Crippen molar-refractivity contribution in [2.45, 2.75) is 77.7 Å². The Hall–Kier alpha value is -4.53. The highest BCUT2D eigenvalue weighted by Crippen LogP contribution is 2.41. The van der Waals surface area contributed by atoms with Gasteiger partial charge >= 0.3 is 5.97 Å². The molecule has 1 aromatic heterocycles. The van der Waals surface area contributed by atoms with Gasteiger partial charge in [0.05, 0.1) is 13.5 Å². The minimum Gasteiger partial charge on any atom is -0.497 e. The van der Waals surface area contributed by atoms with Crippen LogP contribution in [0, 0.1) is 17.8 Å². The average Bonchev–Trinajstić information content (AvgIpc) is 3.12. The van der Waals surface area contributed by atoms with E-state index < -0.39 is 12.5 Å². The molecule has 5 rings (SSSR count). The van der Waals surface area contributed by atoms with Crippen molar-refractivity contribution >= 4 is 23.4 Å². The molecule has 2 aliphatic rings. The van der Waals surface area contributed by atoms with Gasteiger partial charge < -0.3 is 20.1 Å². The molecule has 2 aromatic carbocycles. The maximum atomic E-state index is 12.9. The van der Waals surface area contributed by atoms with Crippen LogP contribution in [0.5, 0.6) is 5.75 Å². The molecule has 254 valence electrons. The van der Waals surface area contributed by atoms with Gasteiger partial charge in [0, 0.05) is 43.0 Å². The van der Waals surface area contributed by atoms with Gasteiger partial charge in [-0.25, -0.2) is 9.97 Å². The van der Waals surface area contributed by atoms with E-state index in [2.05, 4.69) is 28.3 Å². The van der Waals surface area contributed by atoms with Crippen LogP contribution < -0.4 is 10.1 Å². The zero-order chi connectivity index (χ0) is 33.9. The summed E-state index contributed by atoms with van der Waals surface area (Å²) in [7, 11) is 1.58. The van der Waals surface area contributed by atoms with Crippen LogP contribution in [0.1, 0.15) is 81.4 Å². The number of aliphatic carboxylic acids is 1. The van der Waals surface area contributed by atoms with E-state index in [-0.39, 0.29) is 37.7 Å². The van der Waals surface area contributed by atoms with E-state index in [1.165, 1.54) is 49.0 Å². The van der Waals surface area contributed by atoms with Crippen molar-refractivity contribution < 1.29 is 24.2 Å². The predicted molar refractivity (Wildman–Crippen MR) is 186 cm³/mol. The van der Waals surface area contributed by atoms with Gasteiger partial charge in [-0.2, -0.15) is 0 Å². The van der Waals surface area contributed by atoms with Crippen LogP contribution in [-0.2, 0) is 27.3 Å². The van der Waals surface area contributed by atoms with Crippen molar-refractivity contribution in [2.24, 2.45) is 17.8 Å². The summed E-state index contributed by atoms with van der Waals surface area (Å²) in [4.78, 5) is 47.4. The first-order chi connectivity index (χ1) is 23.3. The number of carbonyl (C=O) groups is 3. The summed E-state index contributed by atoms with van der Waals surface area (Å²) in [5, 5.41) is 12.2. The van der Waals surface area contributed by atoms with Crippen molar-refractivity contribution in [2.75, 3.05) is 20.2 Å². The lowest BCUT2D eigenvalue weighted by Gasteiger charge is -2.35. The Labute approximate surface area is 283 Å². The first kappa shape index (κ1) is 34.8. The van der Waals surface area contributed by atoms with E-state index in [0.29, 0.717) is 11.6 Å². The summed E-state index contributed by atoms with van der Waals surface area (Å²) >= 11 is 0. The molecule has 3 aromatic rings. The minimum atomic E-state index is -1.10. The third-order valence-electron chi connectivity index (χ3n) is 10.1. The van der Waals surface area contributed by atoms with Crippen molar-refractivity contribution in [3.63, 3.8) is 0 Å². The SMILES string of the molecule is CC[C@H]1CC[C@H](C2CC=C(c3cnc(-c4ccc(CN(CC(=O)O)C(=O)CCNC(=O)Cc5ccc(OC)cc5)cc4)nc3)CC2)CC1. The van der Waals surface area contributed by atoms with Gasteiger partial charge in [0.25, 0.3) is 0 Å². The molecule has 0 spiro atoms. The molecule has 1 heterocycles. The summed E-state index contributed by atoms with van der Waals surface area (Å²) in [6.45, 7) is 2.15. The smallest absolute Gasteiger partial charge is 0.323 e. The molecule has 2 N–H and O–H groups in total. The van der Waals surface area contributed by atoms with E-state index in [4.69, 9.17) is 4.74 Å². The summed E-state index contributed by atoms with van der Waals surface area (Å²) < 4.78 is 5.14. The van der Waals surface area contributed by atoms with Gasteiger partial charge in [-0.05, 0) is 78.7 Å². The number of carbonyl (C=O) groups excluding carboxylic acids is 2. The zero-order valence-electron chi connectivity index (χ0n) is 28.2. The quantitative estimate of drug-likeness (QED) is 0.198. The Bertz CT molecular complexity index is 1540. The molecule has 1 atom stereocenters. The number of methoxy groups -OCH3 is 1. The lowest BCUT2D eigenvalue weighted by Crippen LogP contribution is -2.37. The van der Waals surface area contributed by atoms with Gasteiger partial charge in [0.15, 0.2) is 5.82 Å². The molecular weight excluding hydrogens is 604 g/mol. The van der Waals surface area contributed by atoms with Gasteiger partial charge in [-0.1, -0.05) is 68.7 Å².